The molecule has 0 bridgehead atoms. The summed E-state index contributed by atoms with van der Waals surface area (Å²) < 4.78 is 24.1. The van der Waals surface area contributed by atoms with Crippen LogP contribution in [0.25, 0.3) is 0 Å². The molecule has 1 spiro atoms. The van der Waals surface area contributed by atoms with Crippen LogP contribution in [-0.2, 0) is 19.0 Å². The highest BCUT2D eigenvalue weighted by molar-refractivity contribution is 5.28. The van der Waals surface area contributed by atoms with Gasteiger partial charge in [0, 0.05) is 17.9 Å². The van der Waals surface area contributed by atoms with E-state index in [4.69, 9.17) is 23.8 Å². The smallest absolute Gasteiger partial charge is 0.175 e. The highest BCUT2D eigenvalue weighted by Crippen LogP contribution is 2.56. The molecule has 186 valence electrons. The van der Waals surface area contributed by atoms with Gasteiger partial charge in [0.2, 0.25) is 0 Å². The van der Waals surface area contributed by atoms with Gasteiger partial charge in [-0.1, -0.05) is 32.9 Å². The van der Waals surface area contributed by atoms with Crippen molar-refractivity contribution >= 4 is 0 Å². The monoisotopic (exact) mass is 461 g/mol. The summed E-state index contributed by atoms with van der Waals surface area (Å²) in [5, 5.41) is 2.29. The van der Waals surface area contributed by atoms with E-state index in [-0.39, 0.29) is 34.8 Å². The molecular formula is C27H43NO5. The molecule has 0 aliphatic carbocycles. The third-order valence-electron chi connectivity index (χ3n) is 8.22. The van der Waals surface area contributed by atoms with Gasteiger partial charge >= 0.3 is 0 Å². The molecule has 4 rings (SSSR count). The van der Waals surface area contributed by atoms with E-state index in [2.05, 4.69) is 72.6 Å². The Hall–Kier alpha value is -1.18. The molecule has 1 aromatic rings. The number of ether oxygens (including phenoxy) is 4. The lowest BCUT2D eigenvalue weighted by atomic mass is 9.67. The quantitative estimate of drug-likeness (QED) is 0.466. The first kappa shape index (κ1) is 24.9. The van der Waals surface area contributed by atoms with Gasteiger partial charge in [0.05, 0.1) is 24.4 Å². The van der Waals surface area contributed by atoms with Gasteiger partial charge in [0.1, 0.15) is 24.6 Å². The highest BCUT2D eigenvalue weighted by Gasteiger charge is 2.65. The Balaban J connectivity index is 1.55. The molecule has 1 aromatic carbocycles. The van der Waals surface area contributed by atoms with Gasteiger partial charge in [-0.15, -0.1) is 0 Å². The van der Waals surface area contributed by atoms with Gasteiger partial charge in [-0.3, -0.25) is 4.84 Å². The Kier molecular flexibility index (Phi) is 6.64. The van der Waals surface area contributed by atoms with Crippen molar-refractivity contribution < 1.29 is 23.8 Å². The number of epoxide rings is 1. The van der Waals surface area contributed by atoms with Crippen LogP contribution in [0.3, 0.4) is 0 Å². The van der Waals surface area contributed by atoms with Gasteiger partial charge < -0.3 is 18.9 Å². The first-order chi connectivity index (χ1) is 15.5. The first-order valence-electron chi connectivity index (χ1n) is 12.6. The van der Waals surface area contributed by atoms with Crippen LogP contribution in [0.4, 0.5) is 0 Å². The van der Waals surface area contributed by atoms with Crippen molar-refractivity contribution in [2.45, 2.75) is 109 Å². The predicted octanol–water partition coefficient (Wildman–Crippen LogP) is 5.66. The second-order valence-corrected chi connectivity index (χ2v) is 11.3. The van der Waals surface area contributed by atoms with Crippen LogP contribution in [0.2, 0.25) is 0 Å². The van der Waals surface area contributed by atoms with E-state index in [0.29, 0.717) is 13.2 Å². The number of nitrogens with zero attached hydrogens (tertiary/aromatic N) is 1. The Morgan fingerprint density at radius 1 is 1.09 bits per heavy atom. The Morgan fingerprint density at radius 3 is 2.27 bits per heavy atom. The SMILES string of the molecule is CCC1(C)CC2(OCC(C)(C)O2)C(C)C(C)(CC)N1OC(C)c1ccc(OCC2CO2)cc1. The van der Waals surface area contributed by atoms with Crippen molar-refractivity contribution in [3.8, 4) is 5.75 Å². The lowest BCUT2D eigenvalue weighted by Gasteiger charge is -2.62. The molecule has 3 aliphatic heterocycles. The second kappa shape index (κ2) is 8.80. The number of benzene rings is 1. The van der Waals surface area contributed by atoms with Crippen molar-refractivity contribution in [2.24, 2.45) is 5.92 Å². The number of rotatable bonds is 8. The Morgan fingerprint density at radius 2 is 1.76 bits per heavy atom. The van der Waals surface area contributed by atoms with Gasteiger partial charge in [0.15, 0.2) is 5.79 Å². The molecule has 6 nitrogen and oxygen atoms in total. The van der Waals surface area contributed by atoms with E-state index in [9.17, 15) is 0 Å². The second-order valence-electron chi connectivity index (χ2n) is 11.3. The minimum absolute atomic E-state index is 0.0920. The molecule has 0 amide bonds. The lowest BCUT2D eigenvalue weighted by molar-refractivity contribution is -0.382. The summed E-state index contributed by atoms with van der Waals surface area (Å²) in [4.78, 5) is 6.82. The molecule has 6 atom stereocenters. The van der Waals surface area contributed by atoms with Crippen molar-refractivity contribution in [3.63, 3.8) is 0 Å². The maximum absolute atomic E-state index is 6.82. The molecule has 3 aliphatic rings. The molecule has 6 unspecified atom stereocenters. The highest BCUT2D eigenvalue weighted by atomic mass is 16.8. The summed E-state index contributed by atoms with van der Waals surface area (Å²) in [6.07, 6.45) is 2.81. The van der Waals surface area contributed by atoms with Crippen molar-refractivity contribution in [2.75, 3.05) is 19.8 Å². The van der Waals surface area contributed by atoms with Crippen LogP contribution in [0, 0.1) is 5.92 Å². The summed E-state index contributed by atoms with van der Waals surface area (Å²) >= 11 is 0. The van der Waals surface area contributed by atoms with Crippen LogP contribution in [0.5, 0.6) is 5.75 Å². The van der Waals surface area contributed by atoms with E-state index in [1.807, 2.05) is 12.1 Å². The Labute approximate surface area is 199 Å². The third-order valence-corrected chi connectivity index (χ3v) is 8.22. The maximum Gasteiger partial charge on any atom is 0.175 e. The maximum atomic E-state index is 6.82. The van der Waals surface area contributed by atoms with Gasteiger partial charge in [0.25, 0.3) is 0 Å². The van der Waals surface area contributed by atoms with Gasteiger partial charge in [-0.25, -0.2) is 0 Å². The van der Waals surface area contributed by atoms with E-state index in [1.54, 1.807) is 0 Å². The minimum Gasteiger partial charge on any atom is -0.491 e. The molecule has 3 fully saturated rings. The van der Waals surface area contributed by atoms with E-state index in [0.717, 1.165) is 37.2 Å². The van der Waals surface area contributed by atoms with Gasteiger partial charge in [-0.05, 0) is 65.2 Å². The zero-order valence-electron chi connectivity index (χ0n) is 21.8. The fourth-order valence-corrected chi connectivity index (χ4v) is 5.52. The van der Waals surface area contributed by atoms with Crippen molar-refractivity contribution in [1.29, 1.82) is 0 Å². The molecule has 3 saturated heterocycles. The molecule has 0 saturated carbocycles. The average Bonchev–Trinajstić information content (AvgIpc) is 3.57. The number of piperidine rings is 1. The van der Waals surface area contributed by atoms with Gasteiger partial charge in [-0.2, -0.15) is 5.06 Å². The lowest BCUT2D eigenvalue weighted by Crippen LogP contribution is -2.71. The van der Waals surface area contributed by atoms with Crippen molar-refractivity contribution in [3.05, 3.63) is 29.8 Å². The Bertz CT molecular complexity index is 824. The first-order valence-corrected chi connectivity index (χ1v) is 12.6. The molecule has 0 aromatic heterocycles. The third kappa shape index (κ3) is 4.70. The molecule has 0 N–H and O–H groups in total. The fourth-order valence-electron chi connectivity index (χ4n) is 5.52. The number of hydroxylamine groups is 2. The topological polar surface area (TPSA) is 52.7 Å². The standard InChI is InChI=1S/C27H43NO5/c1-9-25(7)17-27(31-18-24(5,6)33-27)20(4)26(8,10-2)28(25)32-19(3)21-11-13-22(14-12-21)29-15-23-16-30-23/h11-14,19-20,23H,9-10,15-18H2,1-8H3. The zero-order valence-corrected chi connectivity index (χ0v) is 21.8. The van der Waals surface area contributed by atoms with E-state index < -0.39 is 5.79 Å². The molecule has 33 heavy (non-hydrogen) atoms. The summed E-state index contributed by atoms with van der Waals surface area (Å²) in [5.74, 6) is 0.417. The molecule has 0 radical (unpaired) electrons. The van der Waals surface area contributed by atoms with Crippen LogP contribution in [0.15, 0.2) is 24.3 Å². The summed E-state index contributed by atoms with van der Waals surface area (Å²) in [6, 6.07) is 8.24. The number of hydrogen-bond acceptors (Lipinski definition) is 6. The predicted molar refractivity (Wildman–Crippen MR) is 128 cm³/mol. The number of hydrogen-bond donors (Lipinski definition) is 0. The van der Waals surface area contributed by atoms with Crippen LogP contribution >= 0.6 is 0 Å². The minimum atomic E-state index is -0.591. The van der Waals surface area contributed by atoms with Crippen LogP contribution in [0.1, 0.15) is 86.3 Å². The largest absolute Gasteiger partial charge is 0.491 e. The zero-order chi connectivity index (χ0) is 24.1. The summed E-state index contributed by atoms with van der Waals surface area (Å²) in [7, 11) is 0. The fraction of sp³-hybridized carbons (Fsp3) is 0.778. The summed E-state index contributed by atoms with van der Waals surface area (Å²) in [5.41, 5.74) is 0.387. The normalized spacial score (nSPS) is 39.0. The summed E-state index contributed by atoms with van der Waals surface area (Å²) in [6.45, 7) is 19.7. The molecule has 6 heteroatoms. The van der Waals surface area contributed by atoms with E-state index in [1.165, 1.54) is 0 Å². The van der Waals surface area contributed by atoms with E-state index >= 15 is 0 Å². The van der Waals surface area contributed by atoms with Crippen molar-refractivity contribution in [1.82, 2.24) is 5.06 Å². The van der Waals surface area contributed by atoms with Crippen LogP contribution in [-0.4, -0.2) is 53.5 Å². The molecular weight excluding hydrogens is 418 g/mol. The molecule has 3 heterocycles. The van der Waals surface area contributed by atoms with Crippen LogP contribution < -0.4 is 4.74 Å². The average molecular weight is 462 g/mol.